The van der Waals surface area contributed by atoms with Gasteiger partial charge < -0.3 is 4.74 Å². The molecule has 0 aliphatic carbocycles. The van der Waals surface area contributed by atoms with Gasteiger partial charge in [-0.2, -0.15) is 0 Å². The number of halogens is 1. The van der Waals surface area contributed by atoms with Gasteiger partial charge in [-0.15, -0.1) is 5.54 Å². The summed E-state index contributed by atoms with van der Waals surface area (Å²) >= 11 is 3.28. The summed E-state index contributed by atoms with van der Waals surface area (Å²) in [6.07, 6.45) is 0. The van der Waals surface area contributed by atoms with Crippen molar-refractivity contribution in [1.82, 2.24) is 0 Å². The molecule has 0 unspecified atom stereocenters. The zero-order valence-corrected chi connectivity index (χ0v) is 15.3. The summed E-state index contributed by atoms with van der Waals surface area (Å²) in [7, 11) is -1.34. The Kier molecular flexibility index (Phi) is 5.61. The summed E-state index contributed by atoms with van der Waals surface area (Å²) in [5.74, 6) is 2.93. The highest BCUT2D eigenvalue weighted by atomic mass is 79.9. The van der Waals surface area contributed by atoms with Gasteiger partial charge in [-0.3, -0.25) is 4.79 Å². The number of alkyl halides is 1. The van der Waals surface area contributed by atoms with Gasteiger partial charge in [0.05, 0.1) is 0 Å². The van der Waals surface area contributed by atoms with Crippen LogP contribution in [-0.2, 0) is 16.1 Å². The number of benzene rings is 1. The van der Waals surface area contributed by atoms with Crippen LogP contribution in [0.4, 0.5) is 0 Å². The lowest BCUT2D eigenvalue weighted by Gasteiger charge is -2.14. The van der Waals surface area contributed by atoms with E-state index >= 15 is 0 Å². The molecule has 0 saturated heterocycles. The van der Waals surface area contributed by atoms with Gasteiger partial charge in [-0.1, -0.05) is 53.6 Å². The molecular formula is C16H21BrO2Si. The number of hydrogen-bond donors (Lipinski definition) is 0. The predicted octanol–water partition coefficient (Wildman–Crippen LogP) is 4.13. The largest absolute Gasteiger partial charge is 0.460 e. The molecule has 1 aromatic rings. The van der Waals surface area contributed by atoms with Crippen LogP contribution < -0.4 is 0 Å². The first kappa shape index (κ1) is 17.0. The average molecular weight is 353 g/mol. The summed E-state index contributed by atoms with van der Waals surface area (Å²) in [6.45, 7) is 10.5. The van der Waals surface area contributed by atoms with Crippen LogP contribution in [0.3, 0.4) is 0 Å². The fraction of sp³-hybridized carbons (Fsp3) is 0.438. The highest BCUT2D eigenvalue weighted by Crippen LogP contribution is 2.18. The Morgan fingerprint density at radius 1 is 1.25 bits per heavy atom. The first-order valence-corrected chi connectivity index (χ1v) is 10.9. The van der Waals surface area contributed by atoms with E-state index in [2.05, 4.69) is 47.0 Å². The topological polar surface area (TPSA) is 26.3 Å². The van der Waals surface area contributed by atoms with E-state index in [0.29, 0.717) is 0 Å². The second-order valence-corrected chi connectivity index (χ2v) is 13.0. The molecule has 0 spiro atoms. The summed E-state index contributed by atoms with van der Waals surface area (Å²) in [4.78, 5) is 11.6. The zero-order valence-electron chi connectivity index (χ0n) is 12.7. The Morgan fingerprint density at radius 3 is 2.25 bits per heavy atom. The van der Waals surface area contributed by atoms with Crippen molar-refractivity contribution in [3.63, 3.8) is 0 Å². The first-order valence-electron chi connectivity index (χ1n) is 6.56. The summed E-state index contributed by atoms with van der Waals surface area (Å²) in [5, 5.41) is 0. The molecule has 2 nitrogen and oxygen atoms in total. The van der Waals surface area contributed by atoms with Crippen molar-refractivity contribution < 1.29 is 9.53 Å². The fourth-order valence-electron chi connectivity index (χ4n) is 1.26. The molecule has 20 heavy (non-hydrogen) atoms. The van der Waals surface area contributed by atoms with Gasteiger partial charge in [0, 0.05) is 5.56 Å². The third-order valence-corrected chi connectivity index (χ3v) is 3.59. The van der Waals surface area contributed by atoms with Gasteiger partial charge in [0.15, 0.2) is 0 Å². The van der Waals surface area contributed by atoms with Crippen LogP contribution in [0, 0.1) is 11.5 Å². The Balaban J connectivity index is 2.64. The normalized spacial score (nSPS) is 11.5. The molecule has 0 amide bonds. The van der Waals surface area contributed by atoms with Crippen LogP contribution in [0.15, 0.2) is 24.3 Å². The highest BCUT2D eigenvalue weighted by molar-refractivity contribution is 9.10. The molecule has 0 aromatic heterocycles. The average Bonchev–Trinajstić information content (AvgIpc) is 2.32. The molecule has 0 heterocycles. The van der Waals surface area contributed by atoms with Crippen LogP contribution in [0.5, 0.6) is 0 Å². The third-order valence-electron chi connectivity index (χ3n) is 2.39. The smallest absolute Gasteiger partial charge is 0.322 e. The molecule has 1 rings (SSSR count). The van der Waals surface area contributed by atoms with Crippen molar-refractivity contribution >= 4 is 30.0 Å². The third kappa shape index (κ3) is 6.40. The van der Waals surface area contributed by atoms with E-state index in [4.69, 9.17) is 4.74 Å². The lowest BCUT2D eigenvalue weighted by molar-refractivity contribution is -0.146. The number of ether oxygens (including phenoxy) is 1. The van der Waals surface area contributed by atoms with E-state index in [1.807, 2.05) is 24.3 Å². The predicted molar refractivity (Wildman–Crippen MR) is 89.5 cm³/mol. The maximum Gasteiger partial charge on any atom is 0.322 e. The van der Waals surface area contributed by atoms with Crippen LogP contribution >= 0.6 is 15.9 Å². The molecule has 0 bridgehead atoms. The molecule has 1 aromatic carbocycles. The Bertz CT molecular complexity index is 525. The van der Waals surface area contributed by atoms with Crippen LogP contribution in [0.1, 0.15) is 25.0 Å². The Labute approximate surface area is 131 Å². The first-order chi connectivity index (χ1) is 9.08. The van der Waals surface area contributed by atoms with Gasteiger partial charge >= 0.3 is 5.97 Å². The monoisotopic (exact) mass is 352 g/mol. The highest BCUT2D eigenvalue weighted by Gasteiger charge is 2.25. The molecule has 0 aliphatic rings. The molecular weight excluding hydrogens is 332 g/mol. The molecule has 108 valence electrons. The van der Waals surface area contributed by atoms with Crippen molar-refractivity contribution in [2.75, 3.05) is 0 Å². The minimum atomic E-state index is -1.34. The van der Waals surface area contributed by atoms with Crippen LogP contribution in [-0.4, -0.2) is 18.4 Å². The van der Waals surface area contributed by atoms with Gasteiger partial charge in [-0.25, -0.2) is 0 Å². The van der Waals surface area contributed by atoms with E-state index in [1.54, 1.807) is 13.8 Å². The van der Waals surface area contributed by atoms with Crippen molar-refractivity contribution in [1.29, 1.82) is 0 Å². The molecule has 0 aliphatic heterocycles. The molecule has 0 N–H and O–H groups in total. The summed E-state index contributed by atoms with van der Waals surface area (Å²) < 4.78 is 4.59. The minimum Gasteiger partial charge on any atom is -0.460 e. The van der Waals surface area contributed by atoms with Gasteiger partial charge in [0.1, 0.15) is 19.0 Å². The molecule has 0 atom stereocenters. The van der Waals surface area contributed by atoms with Crippen molar-refractivity contribution in [2.24, 2.45) is 0 Å². The van der Waals surface area contributed by atoms with E-state index in [-0.39, 0.29) is 12.6 Å². The maximum absolute atomic E-state index is 11.6. The second kappa shape index (κ2) is 6.60. The molecule has 4 heteroatoms. The van der Waals surface area contributed by atoms with Gasteiger partial charge in [0.2, 0.25) is 0 Å². The zero-order chi connectivity index (χ0) is 15.4. The molecule has 0 fully saturated rings. The SMILES string of the molecule is CC(C)(Br)C(=O)OCc1ccc(C#C[Si](C)(C)C)cc1. The minimum absolute atomic E-state index is 0.264. The molecule has 0 radical (unpaired) electrons. The standard InChI is InChI=1S/C16H21BrO2Si/c1-16(2,17)15(18)19-12-14-8-6-13(7-9-14)10-11-20(3,4)5/h6-9H,12H2,1-5H3. The number of hydrogen-bond acceptors (Lipinski definition) is 2. The van der Waals surface area contributed by atoms with Crippen LogP contribution in [0.2, 0.25) is 19.6 Å². The fourth-order valence-corrected chi connectivity index (χ4v) is 1.90. The number of esters is 1. The lowest BCUT2D eigenvalue weighted by Crippen LogP contribution is -2.26. The quantitative estimate of drug-likeness (QED) is 0.353. The van der Waals surface area contributed by atoms with E-state index < -0.39 is 12.4 Å². The Morgan fingerprint density at radius 2 is 1.80 bits per heavy atom. The van der Waals surface area contributed by atoms with Crippen molar-refractivity contribution in [2.45, 2.75) is 44.4 Å². The summed E-state index contributed by atoms with van der Waals surface area (Å²) in [5.41, 5.74) is 5.29. The Hall–Kier alpha value is -1.05. The number of carbonyl (C=O) groups excluding carboxylic acids is 1. The maximum atomic E-state index is 11.6. The van der Waals surface area contributed by atoms with Gasteiger partial charge in [-0.05, 0) is 31.5 Å². The number of carbonyl (C=O) groups is 1. The van der Waals surface area contributed by atoms with E-state index in [9.17, 15) is 4.79 Å². The van der Waals surface area contributed by atoms with Gasteiger partial charge in [0.25, 0.3) is 0 Å². The van der Waals surface area contributed by atoms with E-state index in [1.165, 1.54) is 0 Å². The lowest BCUT2D eigenvalue weighted by atomic mass is 10.1. The van der Waals surface area contributed by atoms with Crippen molar-refractivity contribution in [3.05, 3.63) is 35.4 Å². The second-order valence-electron chi connectivity index (χ2n) is 6.25. The number of rotatable bonds is 3. The summed E-state index contributed by atoms with van der Waals surface area (Å²) in [6, 6.07) is 7.83. The molecule has 0 saturated carbocycles. The van der Waals surface area contributed by atoms with Crippen molar-refractivity contribution in [3.8, 4) is 11.5 Å². The van der Waals surface area contributed by atoms with E-state index in [0.717, 1.165) is 11.1 Å². The van der Waals surface area contributed by atoms with Crippen LogP contribution in [0.25, 0.3) is 0 Å².